The number of amides is 1. The Morgan fingerprint density at radius 1 is 0.933 bits per heavy atom. The molecule has 0 bridgehead atoms. The van der Waals surface area contributed by atoms with Gasteiger partial charge in [0.05, 0.1) is 0 Å². The van der Waals surface area contributed by atoms with Crippen LogP contribution in [0.2, 0.25) is 0 Å². The topological polar surface area (TPSA) is 88.3 Å². The second-order valence-corrected chi connectivity index (χ2v) is 7.23. The zero-order chi connectivity index (χ0) is 21.8. The molecule has 2 aromatic carbocycles. The number of ketones is 1. The summed E-state index contributed by atoms with van der Waals surface area (Å²) in [4.78, 5) is 40.7. The lowest BCUT2D eigenvalue weighted by atomic mass is 10.1. The molecule has 0 aliphatic heterocycles. The first-order valence-corrected chi connectivity index (χ1v) is 9.61. The number of aromatic amines is 1. The minimum Gasteiger partial charge on any atom is -0.443 e. The third-order valence-corrected chi connectivity index (χ3v) is 4.88. The number of carbonyl (C=O) groups excluding carboxylic acids is 3. The van der Waals surface area contributed by atoms with Crippen LogP contribution in [0.4, 0.5) is 5.69 Å². The number of H-pyrrole nitrogens is 1. The first kappa shape index (κ1) is 21.0. The fraction of sp³-hybridized carbons (Fsp3) is 0.208. The molecule has 0 radical (unpaired) electrons. The molecule has 1 atom stereocenters. The maximum atomic E-state index is 13.0. The minimum absolute atomic E-state index is 0.142. The Labute approximate surface area is 175 Å². The third kappa shape index (κ3) is 4.49. The van der Waals surface area contributed by atoms with E-state index in [0.29, 0.717) is 28.1 Å². The Balaban J connectivity index is 1.89. The average Bonchev–Trinajstić information content (AvgIpc) is 3.02. The minimum atomic E-state index is -1.15. The molecule has 0 spiro atoms. The molecule has 2 N–H and O–H groups in total. The highest BCUT2D eigenvalue weighted by Gasteiger charge is 2.28. The van der Waals surface area contributed by atoms with Gasteiger partial charge < -0.3 is 15.0 Å². The number of esters is 1. The van der Waals surface area contributed by atoms with Gasteiger partial charge in [0.2, 0.25) is 6.10 Å². The molecule has 0 saturated carbocycles. The number of aryl methyl sites for hydroxylation is 2. The molecule has 6 nitrogen and oxygen atoms in total. The van der Waals surface area contributed by atoms with Crippen molar-refractivity contribution >= 4 is 23.3 Å². The van der Waals surface area contributed by atoms with Crippen LogP contribution in [0, 0.1) is 20.8 Å². The Morgan fingerprint density at radius 3 is 2.13 bits per heavy atom. The average molecular weight is 404 g/mol. The molecule has 0 aliphatic rings. The molecular formula is C24H24N2O4. The Bertz CT molecular complexity index is 1080. The fourth-order valence-corrected chi connectivity index (χ4v) is 3.39. The number of hydrogen-bond donors (Lipinski definition) is 2. The summed E-state index contributed by atoms with van der Waals surface area (Å²) in [7, 11) is 0. The summed E-state index contributed by atoms with van der Waals surface area (Å²) in [6.45, 7) is 6.80. The Kier molecular flexibility index (Phi) is 6.16. The first-order valence-electron chi connectivity index (χ1n) is 9.61. The van der Waals surface area contributed by atoms with E-state index in [1.54, 1.807) is 50.2 Å². The van der Waals surface area contributed by atoms with E-state index in [2.05, 4.69) is 10.3 Å². The number of ether oxygens (including phenoxy) is 1. The highest BCUT2D eigenvalue weighted by Crippen LogP contribution is 2.25. The molecule has 0 saturated heterocycles. The first-order chi connectivity index (χ1) is 14.3. The lowest BCUT2D eigenvalue weighted by molar-refractivity contribution is -0.125. The summed E-state index contributed by atoms with van der Waals surface area (Å²) < 4.78 is 5.62. The van der Waals surface area contributed by atoms with E-state index in [0.717, 1.165) is 5.56 Å². The van der Waals surface area contributed by atoms with Crippen molar-refractivity contribution in [1.82, 2.24) is 4.98 Å². The summed E-state index contributed by atoms with van der Waals surface area (Å²) in [5.74, 6) is -1.31. The van der Waals surface area contributed by atoms with Gasteiger partial charge in [-0.2, -0.15) is 0 Å². The molecule has 1 aromatic heterocycles. The summed E-state index contributed by atoms with van der Waals surface area (Å²) in [5, 5.41) is 2.79. The van der Waals surface area contributed by atoms with Crippen LogP contribution < -0.4 is 5.32 Å². The van der Waals surface area contributed by atoms with E-state index >= 15 is 0 Å². The van der Waals surface area contributed by atoms with E-state index in [4.69, 9.17) is 4.74 Å². The van der Waals surface area contributed by atoms with E-state index in [1.165, 1.54) is 6.92 Å². The van der Waals surface area contributed by atoms with Crippen molar-refractivity contribution in [1.29, 1.82) is 0 Å². The highest BCUT2D eigenvalue weighted by molar-refractivity contribution is 6.02. The van der Waals surface area contributed by atoms with Crippen molar-refractivity contribution in [3.63, 3.8) is 0 Å². The predicted octanol–water partition coefficient (Wildman–Crippen LogP) is 4.68. The smallest absolute Gasteiger partial charge is 0.356 e. The molecular weight excluding hydrogens is 380 g/mol. The van der Waals surface area contributed by atoms with Gasteiger partial charge in [-0.3, -0.25) is 9.59 Å². The second-order valence-electron chi connectivity index (χ2n) is 7.23. The van der Waals surface area contributed by atoms with Crippen molar-refractivity contribution in [3.8, 4) is 0 Å². The van der Waals surface area contributed by atoms with Gasteiger partial charge in [-0.15, -0.1) is 0 Å². The molecule has 3 aromatic rings. The van der Waals surface area contributed by atoms with Crippen molar-refractivity contribution in [2.75, 3.05) is 5.32 Å². The zero-order valence-electron chi connectivity index (χ0n) is 17.4. The van der Waals surface area contributed by atoms with Crippen molar-refractivity contribution < 1.29 is 19.1 Å². The summed E-state index contributed by atoms with van der Waals surface area (Å²) in [6.07, 6.45) is -1.15. The van der Waals surface area contributed by atoms with Crippen molar-refractivity contribution in [2.24, 2.45) is 0 Å². The Morgan fingerprint density at radius 2 is 1.57 bits per heavy atom. The molecule has 6 heteroatoms. The van der Waals surface area contributed by atoms with Crippen LogP contribution in [-0.2, 0) is 9.53 Å². The Hall–Kier alpha value is -3.67. The second kappa shape index (κ2) is 8.78. The van der Waals surface area contributed by atoms with E-state index in [9.17, 15) is 14.4 Å². The number of aromatic nitrogens is 1. The number of nitrogens with one attached hydrogen (secondary N) is 2. The maximum Gasteiger partial charge on any atom is 0.356 e. The lowest BCUT2D eigenvalue weighted by Gasteiger charge is -2.18. The lowest BCUT2D eigenvalue weighted by Crippen LogP contribution is -2.26. The van der Waals surface area contributed by atoms with Crippen LogP contribution in [0.5, 0.6) is 0 Å². The van der Waals surface area contributed by atoms with Gasteiger partial charge in [-0.25, -0.2) is 4.79 Å². The summed E-state index contributed by atoms with van der Waals surface area (Å²) in [5.41, 5.74) is 3.95. The monoisotopic (exact) mass is 404 g/mol. The van der Waals surface area contributed by atoms with Gasteiger partial charge >= 0.3 is 5.97 Å². The molecule has 1 amide bonds. The summed E-state index contributed by atoms with van der Waals surface area (Å²) >= 11 is 0. The molecule has 154 valence electrons. The van der Waals surface area contributed by atoms with Crippen LogP contribution in [0.15, 0.2) is 54.6 Å². The molecule has 1 unspecified atom stereocenters. The highest BCUT2D eigenvalue weighted by atomic mass is 16.5. The van der Waals surface area contributed by atoms with E-state index in [1.807, 2.05) is 25.1 Å². The predicted molar refractivity (Wildman–Crippen MR) is 115 cm³/mol. The summed E-state index contributed by atoms with van der Waals surface area (Å²) in [6, 6.07) is 16.1. The van der Waals surface area contributed by atoms with Crippen LogP contribution in [0.3, 0.4) is 0 Å². The van der Waals surface area contributed by atoms with Crippen LogP contribution >= 0.6 is 0 Å². The maximum absolute atomic E-state index is 13.0. The molecule has 0 fully saturated rings. The van der Waals surface area contributed by atoms with Gasteiger partial charge in [-0.05, 0) is 45.4 Å². The fourth-order valence-electron chi connectivity index (χ4n) is 3.39. The van der Waals surface area contributed by atoms with Crippen LogP contribution in [0.1, 0.15) is 56.3 Å². The normalized spacial score (nSPS) is 11.6. The number of Topliss-reactive ketones (excluding diaryl/α,β-unsaturated/α-hetero) is 1. The number of rotatable bonds is 6. The van der Waals surface area contributed by atoms with Gasteiger partial charge in [0, 0.05) is 22.5 Å². The number of benzene rings is 2. The van der Waals surface area contributed by atoms with Crippen LogP contribution in [0.25, 0.3) is 0 Å². The van der Waals surface area contributed by atoms with Gasteiger partial charge in [0.1, 0.15) is 5.69 Å². The van der Waals surface area contributed by atoms with Crippen molar-refractivity contribution in [3.05, 3.63) is 88.2 Å². The van der Waals surface area contributed by atoms with Gasteiger partial charge in [0.25, 0.3) is 5.91 Å². The zero-order valence-corrected chi connectivity index (χ0v) is 17.4. The largest absolute Gasteiger partial charge is 0.443 e. The third-order valence-electron chi connectivity index (χ3n) is 4.88. The van der Waals surface area contributed by atoms with Crippen molar-refractivity contribution in [2.45, 2.75) is 33.8 Å². The SMILES string of the molecule is CC(=O)c1c(C)[nH]c(C(=O)OC(C(=O)Nc2ccc(C)cc2)c2ccccc2)c1C. The standard InChI is InChI=1S/C24H24N2O4/c1-14-10-12-19(13-11-14)26-23(28)22(18-8-6-5-7-9-18)30-24(29)21-15(2)20(17(4)27)16(3)25-21/h5-13,22,25H,1-4H3,(H,26,28). The quantitative estimate of drug-likeness (QED) is 0.461. The molecule has 1 heterocycles. The molecule has 0 aliphatic carbocycles. The van der Waals surface area contributed by atoms with E-state index < -0.39 is 18.0 Å². The van der Waals surface area contributed by atoms with Crippen LogP contribution in [-0.4, -0.2) is 22.6 Å². The molecule has 3 rings (SSSR count). The number of hydrogen-bond acceptors (Lipinski definition) is 4. The number of carbonyl (C=O) groups is 3. The molecule has 30 heavy (non-hydrogen) atoms. The van der Waals surface area contributed by atoms with Gasteiger partial charge in [0.15, 0.2) is 5.78 Å². The number of anilines is 1. The van der Waals surface area contributed by atoms with Gasteiger partial charge in [-0.1, -0.05) is 48.0 Å². The van der Waals surface area contributed by atoms with E-state index in [-0.39, 0.29) is 11.5 Å².